The topological polar surface area (TPSA) is 38.3 Å². The van der Waals surface area contributed by atoms with E-state index in [0.29, 0.717) is 6.61 Å². The maximum atomic E-state index is 12.2. The van der Waals surface area contributed by atoms with Gasteiger partial charge in [-0.25, -0.2) is 0 Å². The first kappa shape index (κ1) is 14.2. The lowest BCUT2D eigenvalue weighted by atomic mass is 10.2. The fourth-order valence-electron chi connectivity index (χ4n) is 1.75. The molecule has 0 unspecified atom stereocenters. The zero-order valence-electron chi connectivity index (χ0n) is 10.7. The predicted molar refractivity (Wildman–Crippen MR) is 81.9 cm³/mol. The molecule has 100 valence electrons. The number of anilines is 1. The highest BCUT2D eigenvalue weighted by atomic mass is 79.9. The number of thiophene rings is 1. The van der Waals surface area contributed by atoms with Crippen LogP contribution < -0.4 is 5.32 Å². The molecule has 1 N–H and O–H groups in total. The molecule has 1 aromatic heterocycles. The zero-order chi connectivity index (χ0) is 13.8. The van der Waals surface area contributed by atoms with Crippen LogP contribution in [0.5, 0.6) is 0 Å². The Balaban J connectivity index is 2.26. The summed E-state index contributed by atoms with van der Waals surface area (Å²) >= 11 is 4.92. The molecule has 0 bridgehead atoms. The second kappa shape index (κ2) is 6.32. The van der Waals surface area contributed by atoms with Crippen molar-refractivity contribution in [3.05, 3.63) is 50.1 Å². The standard InChI is InChI=1S/C14H14BrNO2S/c1-9-6-7-19-13(9)14(17)16-12-5-3-4-11(15)10(12)8-18-2/h3-7H,8H2,1-2H3,(H,16,17). The van der Waals surface area contributed by atoms with Crippen molar-refractivity contribution in [2.24, 2.45) is 0 Å². The van der Waals surface area contributed by atoms with E-state index in [1.807, 2.05) is 36.6 Å². The van der Waals surface area contributed by atoms with Crippen LogP contribution in [0.25, 0.3) is 0 Å². The Morgan fingerprint density at radius 3 is 2.84 bits per heavy atom. The van der Waals surface area contributed by atoms with Gasteiger partial charge in [0.1, 0.15) is 0 Å². The summed E-state index contributed by atoms with van der Waals surface area (Å²) in [6, 6.07) is 7.64. The van der Waals surface area contributed by atoms with Crippen molar-refractivity contribution in [2.75, 3.05) is 12.4 Å². The van der Waals surface area contributed by atoms with E-state index in [2.05, 4.69) is 21.2 Å². The third kappa shape index (κ3) is 3.23. The first-order chi connectivity index (χ1) is 9.13. The first-order valence-electron chi connectivity index (χ1n) is 5.75. The molecule has 0 spiro atoms. The van der Waals surface area contributed by atoms with Gasteiger partial charge in [0.05, 0.1) is 11.5 Å². The summed E-state index contributed by atoms with van der Waals surface area (Å²) in [6.07, 6.45) is 0. The van der Waals surface area contributed by atoms with E-state index in [9.17, 15) is 4.79 Å². The van der Waals surface area contributed by atoms with Gasteiger partial charge >= 0.3 is 0 Å². The molecule has 2 aromatic rings. The molecule has 1 heterocycles. The molecule has 0 radical (unpaired) electrons. The highest BCUT2D eigenvalue weighted by Gasteiger charge is 2.13. The fourth-order valence-corrected chi connectivity index (χ4v) is 3.05. The van der Waals surface area contributed by atoms with Crippen LogP contribution >= 0.6 is 27.3 Å². The number of hydrogen-bond acceptors (Lipinski definition) is 3. The summed E-state index contributed by atoms with van der Waals surface area (Å²) in [6.45, 7) is 2.38. The second-order valence-electron chi connectivity index (χ2n) is 4.09. The Labute approximate surface area is 124 Å². The van der Waals surface area contributed by atoms with Crippen molar-refractivity contribution in [1.82, 2.24) is 0 Å². The van der Waals surface area contributed by atoms with Crippen molar-refractivity contribution < 1.29 is 9.53 Å². The third-order valence-electron chi connectivity index (χ3n) is 2.72. The number of aryl methyl sites for hydroxylation is 1. The number of carbonyl (C=O) groups excluding carboxylic acids is 1. The van der Waals surface area contributed by atoms with Crippen LogP contribution in [0.2, 0.25) is 0 Å². The van der Waals surface area contributed by atoms with Gasteiger partial charge in [0.15, 0.2) is 0 Å². The zero-order valence-corrected chi connectivity index (χ0v) is 13.1. The summed E-state index contributed by atoms with van der Waals surface area (Å²) in [5.74, 6) is -0.0806. The van der Waals surface area contributed by atoms with Gasteiger partial charge in [0.2, 0.25) is 0 Å². The van der Waals surface area contributed by atoms with Gasteiger partial charge in [-0.15, -0.1) is 11.3 Å². The van der Waals surface area contributed by atoms with E-state index in [-0.39, 0.29) is 5.91 Å². The van der Waals surface area contributed by atoms with Crippen LogP contribution in [0.15, 0.2) is 34.1 Å². The molecular weight excluding hydrogens is 326 g/mol. The maximum absolute atomic E-state index is 12.2. The number of methoxy groups -OCH3 is 1. The highest BCUT2D eigenvalue weighted by molar-refractivity contribution is 9.10. The quantitative estimate of drug-likeness (QED) is 0.905. The van der Waals surface area contributed by atoms with Crippen molar-refractivity contribution in [3.8, 4) is 0 Å². The predicted octanol–water partition coefficient (Wildman–Crippen LogP) is 4.22. The van der Waals surface area contributed by atoms with Gasteiger partial charge in [-0.05, 0) is 36.1 Å². The summed E-state index contributed by atoms with van der Waals surface area (Å²) in [5, 5.41) is 4.86. The van der Waals surface area contributed by atoms with Crippen molar-refractivity contribution >= 4 is 38.9 Å². The van der Waals surface area contributed by atoms with Gasteiger partial charge in [-0.3, -0.25) is 4.79 Å². The molecule has 0 aliphatic carbocycles. The third-order valence-corrected chi connectivity index (χ3v) is 4.48. The molecule has 0 aliphatic heterocycles. The van der Waals surface area contributed by atoms with E-state index in [1.165, 1.54) is 11.3 Å². The molecule has 0 aliphatic rings. The Hall–Kier alpha value is -1.17. The molecule has 1 amide bonds. The van der Waals surface area contributed by atoms with Crippen LogP contribution in [0.1, 0.15) is 20.8 Å². The van der Waals surface area contributed by atoms with E-state index in [0.717, 1.165) is 26.2 Å². The summed E-state index contributed by atoms with van der Waals surface area (Å²) in [7, 11) is 1.63. The second-order valence-corrected chi connectivity index (χ2v) is 5.86. The SMILES string of the molecule is COCc1c(Br)cccc1NC(=O)c1sccc1C. The average Bonchev–Trinajstić information content (AvgIpc) is 2.80. The van der Waals surface area contributed by atoms with Crippen molar-refractivity contribution in [1.29, 1.82) is 0 Å². The number of hydrogen-bond donors (Lipinski definition) is 1. The van der Waals surface area contributed by atoms with E-state index >= 15 is 0 Å². The molecular formula is C14H14BrNO2S. The number of amides is 1. The summed E-state index contributed by atoms with van der Waals surface area (Å²) in [5.41, 5.74) is 2.70. The average molecular weight is 340 g/mol. The number of benzene rings is 1. The van der Waals surface area contributed by atoms with Crippen LogP contribution in [0.3, 0.4) is 0 Å². The Morgan fingerprint density at radius 2 is 2.21 bits per heavy atom. The van der Waals surface area contributed by atoms with Crippen LogP contribution in [0.4, 0.5) is 5.69 Å². The number of halogens is 1. The largest absolute Gasteiger partial charge is 0.380 e. The molecule has 0 saturated carbocycles. The van der Waals surface area contributed by atoms with Gasteiger partial charge in [0, 0.05) is 22.8 Å². The van der Waals surface area contributed by atoms with Crippen LogP contribution in [-0.4, -0.2) is 13.0 Å². The smallest absolute Gasteiger partial charge is 0.266 e. The Morgan fingerprint density at radius 1 is 1.42 bits per heavy atom. The molecule has 1 aromatic carbocycles. The number of rotatable bonds is 4. The summed E-state index contributed by atoms with van der Waals surface area (Å²) in [4.78, 5) is 12.9. The lowest BCUT2D eigenvalue weighted by molar-refractivity contribution is 0.102. The van der Waals surface area contributed by atoms with E-state index < -0.39 is 0 Å². The summed E-state index contributed by atoms with van der Waals surface area (Å²) < 4.78 is 6.09. The van der Waals surface area contributed by atoms with Gasteiger partial charge in [-0.1, -0.05) is 22.0 Å². The lowest BCUT2D eigenvalue weighted by Crippen LogP contribution is -2.13. The van der Waals surface area contributed by atoms with E-state index in [1.54, 1.807) is 7.11 Å². The highest BCUT2D eigenvalue weighted by Crippen LogP contribution is 2.27. The fraction of sp³-hybridized carbons (Fsp3) is 0.214. The van der Waals surface area contributed by atoms with Crippen LogP contribution in [0, 0.1) is 6.92 Å². The maximum Gasteiger partial charge on any atom is 0.266 e. The first-order valence-corrected chi connectivity index (χ1v) is 7.42. The minimum atomic E-state index is -0.0806. The van der Waals surface area contributed by atoms with Gasteiger partial charge in [-0.2, -0.15) is 0 Å². The minimum absolute atomic E-state index is 0.0806. The number of ether oxygens (including phenoxy) is 1. The molecule has 0 atom stereocenters. The molecule has 3 nitrogen and oxygen atoms in total. The Bertz CT molecular complexity index is 595. The number of carbonyl (C=O) groups is 1. The molecule has 19 heavy (non-hydrogen) atoms. The minimum Gasteiger partial charge on any atom is -0.380 e. The van der Waals surface area contributed by atoms with E-state index in [4.69, 9.17) is 4.74 Å². The van der Waals surface area contributed by atoms with Crippen molar-refractivity contribution in [2.45, 2.75) is 13.5 Å². The van der Waals surface area contributed by atoms with Gasteiger partial charge in [0.25, 0.3) is 5.91 Å². The van der Waals surface area contributed by atoms with Crippen LogP contribution in [-0.2, 0) is 11.3 Å². The van der Waals surface area contributed by atoms with Gasteiger partial charge < -0.3 is 10.1 Å². The lowest BCUT2D eigenvalue weighted by Gasteiger charge is -2.12. The molecule has 5 heteroatoms. The Kier molecular flexibility index (Phi) is 4.74. The molecule has 0 saturated heterocycles. The number of nitrogens with one attached hydrogen (secondary N) is 1. The monoisotopic (exact) mass is 339 g/mol. The normalized spacial score (nSPS) is 10.5. The van der Waals surface area contributed by atoms with Crippen molar-refractivity contribution in [3.63, 3.8) is 0 Å². The molecule has 0 fully saturated rings. The molecule has 2 rings (SSSR count).